The molecule has 5 heteroatoms. The summed E-state index contributed by atoms with van der Waals surface area (Å²) in [6.07, 6.45) is -0.213. The minimum atomic E-state index is -1.12. The van der Waals surface area contributed by atoms with E-state index in [1.54, 1.807) is 76.2 Å². The summed E-state index contributed by atoms with van der Waals surface area (Å²) < 4.78 is 10.9. The van der Waals surface area contributed by atoms with Crippen LogP contribution in [0.4, 0.5) is 0 Å². The van der Waals surface area contributed by atoms with Crippen LogP contribution in [0, 0.1) is 0 Å². The topological polar surface area (TPSA) is 52.6 Å². The van der Waals surface area contributed by atoms with E-state index in [4.69, 9.17) is 21.1 Å². The van der Waals surface area contributed by atoms with Gasteiger partial charge in [0.15, 0.2) is 11.4 Å². The second kappa shape index (κ2) is 7.70. The summed E-state index contributed by atoms with van der Waals surface area (Å²) in [5.41, 5.74) is -0.0393. The van der Waals surface area contributed by atoms with E-state index >= 15 is 0 Å². The van der Waals surface area contributed by atoms with Crippen molar-refractivity contribution in [2.45, 2.75) is 39.4 Å². The summed E-state index contributed by atoms with van der Waals surface area (Å²) in [4.78, 5) is 24.5. The standard InChI is InChI=1S/C20H21ClO4/c1-13(2)24-19(23)20(3,4)25-17-11-7-15(8-12-17)18(22)14-5-9-16(21)10-6-14/h5-13H,1-4H3/i18+2. The first-order valence-electron chi connectivity index (χ1n) is 7.99. The number of benzene rings is 2. The van der Waals surface area contributed by atoms with Crippen molar-refractivity contribution in [2.75, 3.05) is 0 Å². The van der Waals surface area contributed by atoms with Crippen molar-refractivity contribution < 1.29 is 19.1 Å². The van der Waals surface area contributed by atoms with E-state index in [2.05, 4.69) is 0 Å². The zero-order valence-electron chi connectivity index (χ0n) is 14.7. The molecule has 2 aromatic carbocycles. The molecule has 0 unspecified atom stereocenters. The van der Waals surface area contributed by atoms with E-state index in [9.17, 15) is 9.59 Å². The van der Waals surface area contributed by atoms with Gasteiger partial charge in [-0.25, -0.2) is 4.79 Å². The third kappa shape index (κ3) is 5.07. The SMILES string of the molecule is CC(C)OC(=O)C(C)(C)Oc1ccc([14C](=O)c2ccc(Cl)cc2)cc1. The van der Waals surface area contributed by atoms with Crippen molar-refractivity contribution in [2.24, 2.45) is 0 Å². The fourth-order valence-corrected chi connectivity index (χ4v) is 2.26. The Hall–Kier alpha value is -2.33. The van der Waals surface area contributed by atoms with Crippen LogP contribution < -0.4 is 4.74 Å². The van der Waals surface area contributed by atoms with Crippen molar-refractivity contribution in [1.29, 1.82) is 0 Å². The zero-order chi connectivity index (χ0) is 18.6. The van der Waals surface area contributed by atoms with Gasteiger partial charge in [0, 0.05) is 16.1 Å². The predicted molar refractivity (Wildman–Crippen MR) is 97.3 cm³/mol. The minimum absolute atomic E-state index is 0.110. The van der Waals surface area contributed by atoms with Gasteiger partial charge < -0.3 is 9.47 Å². The van der Waals surface area contributed by atoms with Gasteiger partial charge >= 0.3 is 5.97 Å². The molecular formula is C20H21ClO4. The summed E-state index contributed by atoms with van der Waals surface area (Å²) in [7, 11) is 0. The van der Waals surface area contributed by atoms with Crippen LogP contribution in [0.2, 0.25) is 5.02 Å². The Labute approximate surface area is 152 Å². The molecular weight excluding hydrogens is 342 g/mol. The highest BCUT2D eigenvalue weighted by molar-refractivity contribution is 6.30. The fraction of sp³-hybridized carbons (Fsp3) is 0.300. The molecule has 0 radical (unpaired) electrons. The number of ether oxygens (including phenoxy) is 2. The van der Waals surface area contributed by atoms with Crippen LogP contribution in [0.1, 0.15) is 43.6 Å². The molecule has 0 aliphatic rings. The van der Waals surface area contributed by atoms with Crippen LogP contribution in [0.3, 0.4) is 0 Å². The van der Waals surface area contributed by atoms with Crippen molar-refractivity contribution in [3.05, 3.63) is 64.7 Å². The maximum Gasteiger partial charge on any atom is 0.350 e. The Morgan fingerprint density at radius 1 is 1.00 bits per heavy atom. The monoisotopic (exact) mass is 362 g/mol. The number of carbonyl (C=O) groups excluding carboxylic acids is 2. The number of esters is 1. The largest absolute Gasteiger partial charge is 0.476 e. The van der Waals surface area contributed by atoms with Crippen molar-refractivity contribution in [3.63, 3.8) is 0 Å². The number of halogens is 1. The van der Waals surface area contributed by atoms with Gasteiger partial charge in [-0.2, -0.15) is 0 Å². The summed E-state index contributed by atoms with van der Waals surface area (Å²) in [6.45, 7) is 6.85. The fourth-order valence-electron chi connectivity index (χ4n) is 2.13. The molecule has 2 aromatic rings. The lowest BCUT2D eigenvalue weighted by Gasteiger charge is -2.25. The number of rotatable bonds is 6. The van der Waals surface area contributed by atoms with Gasteiger partial charge in [0.25, 0.3) is 0 Å². The molecule has 0 heterocycles. The second-order valence-electron chi connectivity index (χ2n) is 6.43. The molecule has 0 fully saturated rings. The highest BCUT2D eigenvalue weighted by Gasteiger charge is 2.32. The molecule has 0 spiro atoms. The average molecular weight is 363 g/mol. The van der Waals surface area contributed by atoms with Gasteiger partial charge in [0.05, 0.1) is 6.10 Å². The molecule has 132 valence electrons. The quantitative estimate of drug-likeness (QED) is 0.553. The number of hydrogen-bond acceptors (Lipinski definition) is 4. The number of hydrogen-bond donors (Lipinski definition) is 0. The molecule has 0 saturated heterocycles. The van der Waals surface area contributed by atoms with Crippen LogP contribution in [0.25, 0.3) is 0 Å². The molecule has 0 aliphatic carbocycles. The van der Waals surface area contributed by atoms with Crippen LogP contribution in [0.5, 0.6) is 5.75 Å². The summed E-state index contributed by atoms with van der Waals surface area (Å²) in [5.74, 6) is -0.0659. The normalized spacial score (nSPS) is 11.3. The lowest BCUT2D eigenvalue weighted by atomic mass is 10.1. The Morgan fingerprint density at radius 3 is 1.96 bits per heavy atom. The summed E-state index contributed by atoms with van der Waals surface area (Å²) in [6, 6.07) is 13.4. The third-order valence-corrected chi connectivity index (χ3v) is 3.68. The van der Waals surface area contributed by atoms with Gasteiger partial charge in [0.2, 0.25) is 0 Å². The average Bonchev–Trinajstić information content (AvgIpc) is 2.54. The lowest BCUT2D eigenvalue weighted by Crippen LogP contribution is -2.40. The molecule has 0 atom stereocenters. The van der Waals surface area contributed by atoms with Crippen molar-refractivity contribution in [3.8, 4) is 5.75 Å². The Kier molecular flexibility index (Phi) is 5.85. The minimum Gasteiger partial charge on any atom is -0.476 e. The first-order chi connectivity index (χ1) is 11.7. The number of carbonyl (C=O) groups is 2. The van der Waals surface area contributed by atoms with E-state index in [1.807, 2.05) is 0 Å². The van der Waals surface area contributed by atoms with Gasteiger partial charge in [-0.15, -0.1) is 0 Å². The van der Waals surface area contributed by atoms with Gasteiger partial charge in [-0.3, -0.25) is 4.79 Å². The van der Waals surface area contributed by atoms with Crippen LogP contribution in [-0.2, 0) is 9.53 Å². The van der Waals surface area contributed by atoms with Crippen LogP contribution in [0.15, 0.2) is 48.5 Å². The van der Waals surface area contributed by atoms with E-state index in [-0.39, 0.29) is 11.9 Å². The first kappa shape index (κ1) is 19.0. The molecule has 0 aliphatic heterocycles. The van der Waals surface area contributed by atoms with Gasteiger partial charge in [-0.05, 0) is 76.2 Å². The maximum atomic E-state index is 12.4. The molecule has 0 amide bonds. The molecule has 0 aromatic heterocycles. The van der Waals surface area contributed by atoms with E-state index in [0.717, 1.165) is 0 Å². The van der Waals surface area contributed by atoms with Crippen molar-refractivity contribution >= 4 is 23.4 Å². The van der Waals surface area contributed by atoms with Crippen molar-refractivity contribution in [1.82, 2.24) is 0 Å². The lowest BCUT2D eigenvalue weighted by molar-refractivity contribution is -0.163. The molecule has 4 nitrogen and oxygen atoms in total. The molecule has 0 bridgehead atoms. The molecule has 0 N–H and O–H groups in total. The molecule has 2 rings (SSSR count). The maximum absolute atomic E-state index is 12.4. The van der Waals surface area contributed by atoms with Crippen LogP contribution in [-0.4, -0.2) is 23.5 Å². The Bertz CT molecular complexity index is 746. The summed E-state index contributed by atoms with van der Waals surface area (Å²) >= 11 is 5.84. The second-order valence-corrected chi connectivity index (χ2v) is 6.86. The first-order valence-corrected chi connectivity index (χ1v) is 8.37. The summed E-state index contributed by atoms with van der Waals surface area (Å²) in [5, 5.41) is 0.579. The molecule has 25 heavy (non-hydrogen) atoms. The van der Waals surface area contributed by atoms with Gasteiger partial charge in [0.1, 0.15) is 5.75 Å². The molecule has 0 saturated carbocycles. The zero-order valence-corrected chi connectivity index (χ0v) is 15.5. The number of ketones is 1. The van der Waals surface area contributed by atoms with E-state index in [0.29, 0.717) is 21.9 Å². The Balaban J connectivity index is 2.10. The van der Waals surface area contributed by atoms with Gasteiger partial charge in [-0.1, -0.05) is 11.6 Å². The van der Waals surface area contributed by atoms with Crippen LogP contribution >= 0.6 is 11.6 Å². The third-order valence-electron chi connectivity index (χ3n) is 3.43. The van der Waals surface area contributed by atoms with E-state index in [1.165, 1.54) is 0 Å². The highest BCUT2D eigenvalue weighted by atomic mass is 35.5. The Morgan fingerprint density at radius 2 is 1.48 bits per heavy atom. The predicted octanol–water partition coefficient (Wildman–Crippen LogP) is 4.68. The highest BCUT2D eigenvalue weighted by Crippen LogP contribution is 2.22. The van der Waals surface area contributed by atoms with E-state index < -0.39 is 11.6 Å². The smallest absolute Gasteiger partial charge is 0.350 e.